The van der Waals surface area contributed by atoms with E-state index in [4.69, 9.17) is 5.10 Å². The van der Waals surface area contributed by atoms with E-state index in [1.807, 2.05) is 47.0 Å². The lowest BCUT2D eigenvalue weighted by Crippen LogP contribution is -2.41. The summed E-state index contributed by atoms with van der Waals surface area (Å²) in [5.74, 6) is 1.70. The zero-order chi connectivity index (χ0) is 19.7. The van der Waals surface area contributed by atoms with E-state index in [9.17, 15) is 4.79 Å². The van der Waals surface area contributed by atoms with Gasteiger partial charge < -0.3 is 10.2 Å². The molecule has 3 aromatic rings. The smallest absolute Gasteiger partial charge is 0.229 e. The lowest BCUT2D eigenvalue weighted by molar-refractivity contribution is -0.120. The largest absolute Gasteiger partial charge is 0.354 e. The van der Waals surface area contributed by atoms with E-state index in [-0.39, 0.29) is 17.2 Å². The molecule has 7 heteroatoms. The predicted octanol–water partition coefficient (Wildman–Crippen LogP) is 3.28. The number of para-hydroxylation sites is 1. The van der Waals surface area contributed by atoms with Gasteiger partial charge in [0.25, 0.3) is 0 Å². The number of piperidine rings is 1. The highest BCUT2D eigenvalue weighted by Crippen LogP contribution is 2.25. The van der Waals surface area contributed by atoms with Crippen molar-refractivity contribution in [2.24, 2.45) is 5.92 Å². The number of carbonyl (C=O) groups is 1. The molecule has 1 amide bonds. The van der Waals surface area contributed by atoms with Gasteiger partial charge in [-0.25, -0.2) is 0 Å². The fourth-order valence-electron chi connectivity index (χ4n) is 3.58. The Bertz CT molecular complexity index is 975. The van der Waals surface area contributed by atoms with E-state index in [1.165, 1.54) is 0 Å². The van der Waals surface area contributed by atoms with E-state index in [2.05, 4.69) is 41.2 Å². The Morgan fingerprint density at radius 2 is 1.89 bits per heavy atom. The highest BCUT2D eigenvalue weighted by Gasteiger charge is 2.28. The molecule has 1 atom stereocenters. The third kappa shape index (κ3) is 3.69. The minimum Gasteiger partial charge on any atom is -0.354 e. The Balaban J connectivity index is 1.53. The van der Waals surface area contributed by atoms with Crippen LogP contribution in [0.4, 0.5) is 11.5 Å². The van der Waals surface area contributed by atoms with Crippen LogP contribution in [0.2, 0.25) is 0 Å². The number of benzene rings is 1. The van der Waals surface area contributed by atoms with E-state index < -0.39 is 0 Å². The van der Waals surface area contributed by atoms with Gasteiger partial charge >= 0.3 is 0 Å². The van der Waals surface area contributed by atoms with Gasteiger partial charge in [-0.3, -0.25) is 4.79 Å². The molecule has 1 aromatic carbocycles. The van der Waals surface area contributed by atoms with Crippen LogP contribution in [0.3, 0.4) is 0 Å². The van der Waals surface area contributed by atoms with Crippen molar-refractivity contribution >= 4 is 23.1 Å². The topological polar surface area (TPSA) is 75.4 Å². The van der Waals surface area contributed by atoms with Crippen molar-refractivity contribution in [1.29, 1.82) is 0 Å². The van der Waals surface area contributed by atoms with Crippen LogP contribution in [0, 0.1) is 5.92 Å². The number of hydrogen-bond acceptors (Lipinski definition) is 5. The Hall–Kier alpha value is -2.96. The Labute approximate surface area is 164 Å². The predicted molar refractivity (Wildman–Crippen MR) is 109 cm³/mol. The van der Waals surface area contributed by atoms with Crippen molar-refractivity contribution in [3.63, 3.8) is 0 Å². The molecule has 0 bridgehead atoms. The van der Waals surface area contributed by atoms with Gasteiger partial charge in [0.05, 0.1) is 5.92 Å². The van der Waals surface area contributed by atoms with Crippen LogP contribution in [-0.4, -0.2) is 38.8 Å². The molecule has 1 aliphatic heterocycles. The minimum absolute atomic E-state index is 0.0607. The van der Waals surface area contributed by atoms with Gasteiger partial charge in [-0.1, -0.05) is 39.0 Å². The van der Waals surface area contributed by atoms with Gasteiger partial charge in [-0.05, 0) is 37.1 Å². The number of nitrogens with zero attached hydrogens (tertiary/aromatic N) is 5. The van der Waals surface area contributed by atoms with E-state index in [0.717, 1.165) is 42.4 Å². The van der Waals surface area contributed by atoms with Crippen LogP contribution in [0.5, 0.6) is 0 Å². The number of nitrogens with one attached hydrogen (secondary N) is 1. The van der Waals surface area contributed by atoms with Crippen molar-refractivity contribution in [3.8, 4) is 0 Å². The molecule has 3 heterocycles. The lowest BCUT2D eigenvalue weighted by Gasteiger charge is -2.32. The fraction of sp³-hybridized carbons (Fsp3) is 0.429. The summed E-state index contributed by atoms with van der Waals surface area (Å²) in [5, 5.41) is 16.4. The quantitative estimate of drug-likeness (QED) is 0.757. The van der Waals surface area contributed by atoms with E-state index in [1.54, 1.807) is 0 Å². The van der Waals surface area contributed by atoms with Crippen molar-refractivity contribution in [2.75, 3.05) is 23.3 Å². The Morgan fingerprint density at radius 1 is 1.11 bits per heavy atom. The zero-order valence-corrected chi connectivity index (χ0v) is 16.6. The summed E-state index contributed by atoms with van der Waals surface area (Å²) in [5.41, 5.74) is 1.43. The van der Waals surface area contributed by atoms with Crippen molar-refractivity contribution in [2.45, 2.75) is 39.0 Å². The summed E-state index contributed by atoms with van der Waals surface area (Å²) < 4.78 is 1.82. The van der Waals surface area contributed by atoms with Crippen molar-refractivity contribution < 1.29 is 4.79 Å². The third-order valence-electron chi connectivity index (χ3n) is 5.08. The first-order valence-corrected chi connectivity index (χ1v) is 9.75. The first kappa shape index (κ1) is 18.4. The average molecular weight is 378 g/mol. The summed E-state index contributed by atoms with van der Waals surface area (Å²) in [6.07, 6.45) is 1.85. The maximum absolute atomic E-state index is 12.7. The van der Waals surface area contributed by atoms with Crippen LogP contribution >= 0.6 is 0 Å². The van der Waals surface area contributed by atoms with Gasteiger partial charge in [0.1, 0.15) is 5.82 Å². The zero-order valence-electron chi connectivity index (χ0n) is 16.6. The standard InChI is InChI=1S/C21H26N6O/c1-21(2,3)20-24-23-17-11-12-18(25-27(17)20)26-13-7-8-15(14-26)19(28)22-16-9-5-4-6-10-16/h4-6,9-12,15H,7-8,13-14H2,1-3H3,(H,22,28). The molecule has 0 spiro atoms. The molecule has 146 valence electrons. The second-order valence-electron chi connectivity index (χ2n) is 8.38. The Kier molecular flexibility index (Phi) is 4.75. The van der Waals surface area contributed by atoms with Gasteiger partial charge in [0.15, 0.2) is 11.5 Å². The maximum atomic E-state index is 12.7. The maximum Gasteiger partial charge on any atom is 0.229 e. The number of carbonyl (C=O) groups excluding carboxylic acids is 1. The molecule has 0 saturated carbocycles. The highest BCUT2D eigenvalue weighted by atomic mass is 16.1. The first-order valence-electron chi connectivity index (χ1n) is 9.75. The molecule has 1 N–H and O–H groups in total. The molecule has 4 rings (SSSR count). The summed E-state index contributed by atoms with van der Waals surface area (Å²) in [4.78, 5) is 14.9. The normalized spacial score (nSPS) is 17.7. The van der Waals surface area contributed by atoms with Crippen LogP contribution < -0.4 is 10.2 Å². The summed E-state index contributed by atoms with van der Waals surface area (Å²) in [7, 11) is 0. The van der Waals surface area contributed by atoms with Crippen molar-refractivity contribution in [3.05, 3.63) is 48.3 Å². The van der Waals surface area contributed by atoms with E-state index in [0.29, 0.717) is 6.54 Å². The SMILES string of the molecule is CC(C)(C)c1nnc2ccc(N3CCCC(C(=O)Nc4ccccc4)C3)nn12. The first-order chi connectivity index (χ1) is 13.4. The lowest BCUT2D eigenvalue weighted by atomic mass is 9.96. The monoisotopic (exact) mass is 378 g/mol. The molecule has 2 aromatic heterocycles. The fourth-order valence-corrected chi connectivity index (χ4v) is 3.58. The molecule has 0 radical (unpaired) electrons. The second-order valence-corrected chi connectivity index (χ2v) is 8.38. The second kappa shape index (κ2) is 7.22. The van der Waals surface area contributed by atoms with Gasteiger partial charge in [0, 0.05) is 24.2 Å². The van der Waals surface area contributed by atoms with Crippen LogP contribution in [0.25, 0.3) is 5.65 Å². The number of hydrogen-bond donors (Lipinski definition) is 1. The summed E-state index contributed by atoms with van der Waals surface area (Å²) >= 11 is 0. The molecule has 1 saturated heterocycles. The van der Waals surface area contributed by atoms with E-state index >= 15 is 0 Å². The number of aromatic nitrogens is 4. The van der Waals surface area contributed by atoms with Gasteiger partial charge in [-0.15, -0.1) is 15.3 Å². The molecule has 0 aliphatic carbocycles. The number of rotatable bonds is 3. The molecule has 7 nitrogen and oxygen atoms in total. The van der Waals surface area contributed by atoms with Gasteiger partial charge in [0.2, 0.25) is 5.91 Å². The Morgan fingerprint density at radius 3 is 2.64 bits per heavy atom. The van der Waals surface area contributed by atoms with Gasteiger partial charge in [-0.2, -0.15) is 4.52 Å². The third-order valence-corrected chi connectivity index (χ3v) is 5.08. The summed E-state index contributed by atoms with van der Waals surface area (Å²) in [6.45, 7) is 7.85. The van der Waals surface area contributed by atoms with Crippen molar-refractivity contribution in [1.82, 2.24) is 19.8 Å². The summed E-state index contributed by atoms with van der Waals surface area (Å²) in [6, 6.07) is 13.5. The molecule has 1 fully saturated rings. The number of fused-ring (bicyclic) bond motifs is 1. The molecular weight excluding hydrogens is 352 g/mol. The molecule has 1 unspecified atom stereocenters. The minimum atomic E-state index is -0.148. The highest BCUT2D eigenvalue weighted by molar-refractivity contribution is 5.93. The molecular formula is C21H26N6O. The molecule has 1 aliphatic rings. The number of amides is 1. The van der Waals surface area contributed by atoms with Crippen LogP contribution in [-0.2, 0) is 10.2 Å². The average Bonchev–Trinajstić information content (AvgIpc) is 3.12. The molecule has 28 heavy (non-hydrogen) atoms. The number of anilines is 2. The van der Waals surface area contributed by atoms with Crippen LogP contribution in [0.15, 0.2) is 42.5 Å². The van der Waals surface area contributed by atoms with Crippen LogP contribution in [0.1, 0.15) is 39.4 Å².